The summed E-state index contributed by atoms with van der Waals surface area (Å²) in [5, 5.41) is 0. The van der Waals surface area contributed by atoms with Crippen LogP contribution in [0.15, 0.2) is 40.1 Å². The normalized spacial score (nSPS) is 11.1. The second kappa shape index (κ2) is 9.09. The van der Waals surface area contributed by atoms with Crippen LogP contribution in [-0.4, -0.2) is 34.1 Å². The first-order valence-corrected chi connectivity index (χ1v) is 8.30. The van der Waals surface area contributed by atoms with Crippen LogP contribution >= 0.6 is 0 Å². The van der Waals surface area contributed by atoms with Gasteiger partial charge in [0.25, 0.3) is 5.56 Å². The summed E-state index contributed by atoms with van der Waals surface area (Å²) in [6, 6.07) is 4.07. The molecule has 0 aliphatic heterocycles. The van der Waals surface area contributed by atoms with Crippen molar-refractivity contribution in [3.63, 3.8) is 0 Å². The summed E-state index contributed by atoms with van der Waals surface area (Å²) >= 11 is 0. The molecule has 2 rings (SSSR count). The summed E-state index contributed by atoms with van der Waals surface area (Å²) in [6.07, 6.45) is 3.31. The highest BCUT2D eigenvalue weighted by Crippen LogP contribution is 2.22. The zero-order chi connectivity index (χ0) is 21.7. The average molecular weight is 408 g/mol. The molecule has 0 aliphatic carbocycles. The first-order valence-electron chi connectivity index (χ1n) is 8.30. The van der Waals surface area contributed by atoms with E-state index in [1.807, 2.05) is 0 Å². The first kappa shape index (κ1) is 21.7. The van der Waals surface area contributed by atoms with Crippen LogP contribution in [0.1, 0.15) is 21.5 Å². The number of rotatable bonds is 7. The maximum Gasteiger partial charge on any atom is 0.387 e. The number of alkyl halides is 2. The summed E-state index contributed by atoms with van der Waals surface area (Å²) in [5.74, 6) is -1.99. The van der Waals surface area contributed by atoms with Crippen molar-refractivity contribution in [1.29, 1.82) is 0 Å². The Labute approximate surface area is 163 Å². The number of benzene rings is 1. The van der Waals surface area contributed by atoms with E-state index in [1.54, 1.807) is 6.92 Å². The highest BCUT2D eigenvalue weighted by molar-refractivity contribution is 6.01. The second-order valence-electron chi connectivity index (χ2n) is 6.08. The number of ether oxygens (including phenoxy) is 2. The highest BCUT2D eigenvalue weighted by atomic mass is 19.3. The lowest BCUT2D eigenvalue weighted by Gasteiger charge is -2.10. The molecule has 2 aromatic rings. The Morgan fingerprint density at radius 3 is 2.55 bits per heavy atom. The number of hydrogen-bond acceptors (Lipinski definition) is 6. The Kier molecular flexibility index (Phi) is 6.81. The fourth-order valence-electron chi connectivity index (χ4n) is 2.43. The predicted molar refractivity (Wildman–Crippen MR) is 99.1 cm³/mol. The summed E-state index contributed by atoms with van der Waals surface area (Å²) in [6.45, 7) is -2.16. The van der Waals surface area contributed by atoms with E-state index in [0.717, 1.165) is 21.3 Å². The van der Waals surface area contributed by atoms with Crippen LogP contribution in [0.2, 0.25) is 0 Å². The van der Waals surface area contributed by atoms with E-state index in [-0.39, 0.29) is 16.9 Å². The average Bonchev–Trinajstić information content (AvgIpc) is 2.67. The molecule has 0 spiro atoms. The lowest BCUT2D eigenvalue weighted by molar-refractivity contribution is -0.136. The van der Waals surface area contributed by atoms with E-state index in [0.29, 0.717) is 5.56 Å². The number of nitrogens with zero attached hydrogens (tertiary/aromatic N) is 2. The third kappa shape index (κ3) is 5.47. The van der Waals surface area contributed by atoms with Crippen LogP contribution in [0.3, 0.4) is 0 Å². The van der Waals surface area contributed by atoms with Crippen LogP contribution < -0.4 is 16.0 Å². The van der Waals surface area contributed by atoms with Crippen molar-refractivity contribution >= 4 is 17.8 Å². The number of ketones is 1. The second-order valence-corrected chi connectivity index (χ2v) is 6.08. The molecule has 0 bridgehead atoms. The molecule has 0 saturated carbocycles. The number of hydrogen-bond donors (Lipinski definition) is 0. The van der Waals surface area contributed by atoms with Crippen LogP contribution in [0.25, 0.3) is 6.08 Å². The van der Waals surface area contributed by atoms with Crippen LogP contribution in [0.5, 0.6) is 5.75 Å². The molecule has 0 aliphatic rings. The summed E-state index contributed by atoms with van der Waals surface area (Å²) in [5.41, 5.74) is -0.591. The largest absolute Gasteiger partial charge is 0.454 e. The predicted octanol–water partition coefficient (Wildman–Crippen LogP) is 1.43. The smallest absolute Gasteiger partial charge is 0.387 e. The number of aryl methyl sites for hydroxylation is 2. The van der Waals surface area contributed by atoms with Crippen molar-refractivity contribution in [3.05, 3.63) is 68.0 Å². The number of Topliss-reactive ketones (excluding diaryl/α,β-unsaturated/α-hetero) is 1. The van der Waals surface area contributed by atoms with E-state index in [1.165, 1.54) is 38.5 Å². The van der Waals surface area contributed by atoms with Crippen molar-refractivity contribution in [1.82, 2.24) is 9.13 Å². The Morgan fingerprint density at radius 2 is 1.90 bits per heavy atom. The van der Waals surface area contributed by atoms with Crippen molar-refractivity contribution in [3.8, 4) is 5.75 Å². The van der Waals surface area contributed by atoms with E-state index < -0.39 is 36.2 Å². The molecule has 1 aromatic heterocycles. The number of carbonyl (C=O) groups is 2. The lowest BCUT2D eigenvalue weighted by atomic mass is 10.1. The molecule has 8 nitrogen and oxygen atoms in total. The maximum absolute atomic E-state index is 12.5. The van der Waals surface area contributed by atoms with Gasteiger partial charge < -0.3 is 14.0 Å². The molecule has 154 valence electrons. The van der Waals surface area contributed by atoms with Crippen LogP contribution in [0.4, 0.5) is 8.78 Å². The molecule has 0 saturated heterocycles. The Morgan fingerprint density at radius 1 is 1.21 bits per heavy atom. The molecular formula is C19H18F2N2O6. The van der Waals surface area contributed by atoms with Gasteiger partial charge in [0.2, 0.25) is 5.78 Å². The standard InChI is InChI=1S/C19H18F2N2O6/c1-11-4-6-15(29-18(20)21)13(8-11)14(24)10-28-16(25)7-5-12-9-22(2)19(27)23(3)17(12)26/h4-9,18H,10H2,1-3H3/b7-5+. The van der Waals surface area contributed by atoms with Gasteiger partial charge in [0.15, 0.2) is 6.61 Å². The maximum atomic E-state index is 12.5. The summed E-state index contributed by atoms with van der Waals surface area (Å²) < 4.78 is 36.1. The highest BCUT2D eigenvalue weighted by Gasteiger charge is 2.17. The third-order valence-electron chi connectivity index (χ3n) is 3.87. The van der Waals surface area contributed by atoms with Gasteiger partial charge in [-0.05, 0) is 25.1 Å². The minimum Gasteiger partial charge on any atom is -0.454 e. The quantitative estimate of drug-likeness (QED) is 0.391. The van der Waals surface area contributed by atoms with Gasteiger partial charge in [-0.25, -0.2) is 9.59 Å². The molecule has 29 heavy (non-hydrogen) atoms. The molecule has 0 amide bonds. The molecule has 0 atom stereocenters. The van der Waals surface area contributed by atoms with Crippen molar-refractivity contribution in [2.75, 3.05) is 6.61 Å². The monoisotopic (exact) mass is 408 g/mol. The Hall–Kier alpha value is -3.56. The van der Waals surface area contributed by atoms with Gasteiger partial charge in [0, 0.05) is 26.4 Å². The molecule has 0 N–H and O–H groups in total. The van der Waals surface area contributed by atoms with E-state index in [9.17, 15) is 28.0 Å². The van der Waals surface area contributed by atoms with Gasteiger partial charge in [0.05, 0.1) is 11.1 Å². The van der Waals surface area contributed by atoms with Gasteiger partial charge in [-0.2, -0.15) is 8.78 Å². The topological polar surface area (TPSA) is 96.6 Å². The Balaban J connectivity index is 2.09. The molecule has 0 unspecified atom stereocenters. The first-order chi connectivity index (χ1) is 13.6. The van der Waals surface area contributed by atoms with Gasteiger partial charge in [-0.15, -0.1) is 0 Å². The van der Waals surface area contributed by atoms with Crippen molar-refractivity contribution in [2.45, 2.75) is 13.5 Å². The Bertz CT molecular complexity index is 1090. The number of esters is 1. The fraction of sp³-hybridized carbons (Fsp3) is 0.263. The summed E-state index contributed by atoms with van der Waals surface area (Å²) in [7, 11) is 2.73. The van der Waals surface area contributed by atoms with E-state index in [2.05, 4.69) is 4.74 Å². The summed E-state index contributed by atoms with van der Waals surface area (Å²) in [4.78, 5) is 47.7. The molecule has 0 fully saturated rings. The SMILES string of the molecule is Cc1ccc(OC(F)F)c(C(=O)COC(=O)/C=C/c2cn(C)c(=O)n(C)c2=O)c1. The molecule has 1 aromatic carbocycles. The zero-order valence-electron chi connectivity index (χ0n) is 15.8. The fourth-order valence-corrected chi connectivity index (χ4v) is 2.43. The van der Waals surface area contributed by atoms with Crippen LogP contribution in [0, 0.1) is 6.92 Å². The molecular weight excluding hydrogens is 390 g/mol. The van der Waals surface area contributed by atoms with E-state index in [4.69, 9.17) is 4.74 Å². The van der Waals surface area contributed by atoms with Crippen molar-refractivity contribution in [2.24, 2.45) is 14.1 Å². The van der Waals surface area contributed by atoms with E-state index >= 15 is 0 Å². The number of carbonyl (C=O) groups excluding carboxylic acids is 2. The van der Waals surface area contributed by atoms with Gasteiger partial charge >= 0.3 is 18.3 Å². The molecule has 1 heterocycles. The minimum absolute atomic E-state index is 0.0594. The minimum atomic E-state index is -3.11. The third-order valence-corrected chi connectivity index (χ3v) is 3.87. The molecule has 0 radical (unpaired) electrons. The van der Waals surface area contributed by atoms with Gasteiger partial charge in [-0.1, -0.05) is 11.6 Å². The molecule has 10 heteroatoms. The van der Waals surface area contributed by atoms with Gasteiger partial charge in [-0.3, -0.25) is 14.2 Å². The number of aromatic nitrogens is 2. The lowest BCUT2D eigenvalue weighted by Crippen LogP contribution is -2.37. The number of halogens is 2. The zero-order valence-corrected chi connectivity index (χ0v) is 15.8. The van der Waals surface area contributed by atoms with Gasteiger partial charge in [0.1, 0.15) is 5.75 Å². The van der Waals surface area contributed by atoms with Crippen molar-refractivity contribution < 1.29 is 27.8 Å². The van der Waals surface area contributed by atoms with Crippen LogP contribution in [-0.2, 0) is 23.6 Å².